The highest BCUT2D eigenvalue weighted by Crippen LogP contribution is 2.27. The molecule has 0 aliphatic carbocycles. The van der Waals surface area contributed by atoms with Gasteiger partial charge >= 0.3 is 5.97 Å². The minimum Gasteiger partial charge on any atom is -0.468 e. The van der Waals surface area contributed by atoms with Crippen LogP contribution in [0.25, 0.3) is 0 Å². The Bertz CT molecular complexity index is 459. The van der Waals surface area contributed by atoms with Gasteiger partial charge in [0, 0.05) is 6.04 Å². The molecule has 19 heavy (non-hydrogen) atoms. The topological polar surface area (TPSA) is 50.4 Å². The highest BCUT2D eigenvalue weighted by atomic mass is 16.5. The molecule has 1 aliphatic heterocycles. The lowest BCUT2D eigenvalue weighted by Crippen LogP contribution is -2.37. The Morgan fingerprint density at radius 2 is 2.11 bits per heavy atom. The molecule has 1 fully saturated rings. The minimum absolute atomic E-state index is 0.172. The summed E-state index contributed by atoms with van der Waals surface area (Å²) >= 11 is 0. The molecule has 2 atom stereocenters. The molecular formula is C15H22N2O2. The molecule has 1 saturated heterocycles. The van der Waals surface area contributed by atoms with Crippen LogP contribution in [0.2, 0.25) is 0 Å². The van der Waals surface area contributed by atoms with Crippen LogP contribution in [-0.2, 0) is 22.4 Å². The Morgan fingerprint density at radius 3 is 2.74 bits per heavy atom. The second kappa shape index (κ2) is 6.17. The van der Waals surface area contributed by atoms with E-state index >= 15 is 0 Å². The first-order valence-electron chi connectivity index (χ1n) is 6.90. The summed E-state index contributed by atoms with van der Waals surface area (Å²) in [6.45, 7) is 4.31. The summed E-state index contributed by atoms with van der Waals surface area (Å²) in [5.74, 6) is -0.209. The van der Waals surface area contributed by atoms with Crippen LogP contribution >= 0.6 is 0 Å². The Hall–Kier alpha value is -1.39. The first kappa shape index (κ1) is 14.0. The van der Waals surface area contributed by atoms with Crippen LogP contribution < -0.4 is 10.9 Å². The van der Waals surface area contributed by atoms with E-state index in [1.54, 1.807) is 0 Å². The van der Waals surface area contributed by atoms with Crippen molar-refractivity contribution in [2.24, 2.45) is 0 Å². The van der Waals surface area contributed by atoms with E-state index in [0.29, 0.717) is 0 Å². The van der Waals surface area contributed by atoms with E-state index in [9.17, 15) is 4.79 Å². The molecule has 1 aliphatic rings. The molecule has 0 aromatic heterocycles. The minimum atomic E-state index is -0.259. The summed E-state index contributed by atoms with van der Waals surface area (Å²) in [6.07, 6.45) is 2.75. The lowest BCUT2D eigenvalue weighted by Gasteiger charge is -2.16. The molecule has 104 valence electrons. The van der Waals surface area contributed by atoms with Gasteiger partial charge in [0.25, 0.3) is 0 Å². The number of benzene rings is 1. The van der Waals surface area contributed by atoms with Crippen molar-refractivity contribution in [3.63, 3.8) is 0 Å². The monoisotopic (exact) mass is 262 g/mol. The van der Waals surface area contributed by atoms with Gasteiger partial charge in [-0.3, -0.25) is 4.79 Å². The van der Waals surface area contributed by atoms with Crippen LogP contribution in [0.3, 0.4) is 0 Å². The fourth-order valence-corrected chi connectivity index (χ4v) is 2.57. The number of hydrazine groups is 1. The second-order valence-electron chi connectivity index (χ2n) is 4.89. The molecule has 1 aromatic carbocycles. The quantitative estimate of drug-likeness (QED) is 0.814. The maximum absolute atomic E-state index is 11.5. The zero-order chi connectivity index (χ0) is 13.8. The first-order valence-corrected chi connectivity index (χ1v) is 6.90. The second-order valence-corrected chi connectivity index (χ2v) is 4.89. The summed E-state index contributed by atoms with van der Waals surface area (Å²) in [5.41, 5.74) is 10.2. The summed E-state index contributed by atoms with van der Waals surface area (Å²) in [4.78, 5) is 11.5. The molecular weight excluding hydrogens is 240 g/mol. The number of hydrogen-bond donors (Lipinski definition) is 2. The van der Waals surface area contributed by atoms with Gasteiger partial charge in [0.2, 0.25) is 0 Å². The molecule has 0 radical (unpaired) electrons. The van der Waals surface area contributed by atoms with Crippen LogP contribution in [0, 0.1) is 0 Å². The molecule has 1 aromatic rings. The molecule has 0 amide bonds. The molecule has 0 bridgehead atoms. The summed E-state index contributed by atoms with van der Waals surface area (Å²) in [6, 6.07) is 6.54. The predicted octanol–water partition coefficient (Wildman–Crippen LogP) is 1.89. The van der Waals surface area contributed by atoms with Crippen molar-refractivity contribution in [3.05, 3.63) is 34.9 Å². The fourth-order valence-electron chi connectivity index (χ4n) is 2.57. The number of aryl methyl sites for hydroxylation is 2. The van der Waals surface area contributed by atoms with Gasteiger partial charge in [0.05, 0.1) is 7.11 Å². The molecule has 2 N–H and O–H groups in total. The number of esters is 1. The van der Waals surface area contributed by atoms with Gasteiger partial charge in [-0.1, -0.05) is 32.0 Å². The van der Waals surface area contributed by atoms with Gasteiger partial charge in [0.1, 0.15) is 6.04 Å². The summed E-state index contributed by atoms with van der Waals surface area (Å²) in [5, 5.41) is 0. The van der Waals surface area contributed by atoms with Gasteiger partial charge in [-0.2, -0.15) is 0 Å². The van der Waals surface area contributed by atoms with Crippen LogP contribution in [0.5, 0.6) is 0 Å². The van der Waals surface area contributed by atoms with E-state index in [-0.39, 0.29) is 18.1 Å². The molecule has 2 unspecified atom stereocenters. The Balaban J connectivity index is 2.20. The van der Waals surface area contributed by atoms with E-state index in [0.717, 1.165) is 19.3 Å². The van der Waals surface area contributed by atoms with Gasteiger partial charge in [-0.15, -0.1) is 0 Å². The van der Waals surface area contributed by atoms with Crippen LogP contribution in [0.1, 0.15) is 43.0 Å². The summed E-state index contributed by atoms with van der Waals surface area (Å²) < 4.78 is 4.78. The van der Waals surface area contributed by atoms with E-state index in [1.165, 1.54) is 23.8 Å². The SMILES string of the molecule is CCc1ccc(CC)c(C2CC(C(=O)OC)NN2)c1. The number of carbonyl (C=O) groups is 1. The third-order valence-corrected chi connectivity index (χ3v) is 3.76. The third-order valence-electron chi connectivity index (χ3n) is 3.76. The summed E-state index contributed by atoms with van der Waals surface area (Å²) in [7, 11) is 1.42. The van der Waals surface area contributed by atoms with Crippen molar-refractivity contribution in [2.75, 3.05) is 7.11 Å². The van der Waals surface area contributed by atoms with E-state index < -0.39 is 0 Å². The Labute approximate surface area is 114 Å². The number of carbonyl (C=O) groups excluding carboxylic acids is 1. The van der Waals surface area contributed by atoms with Crippen LogP contribution in [-0.4, -0.2) is 19.1 Å². The average Bonchev–Trinajstić information content (AvgIpc) is 2.95. The first-order chi connectivity index (χ1) is 9.19. The smallest absolute Gasteiger partial charge is 0.324 e. The Kier molecular flexibility index (Phi) is 4.56. The van der Waals surface area contributed by atoms with Crippen molar-refractivity contribution >= 4 is 5.97 Å². The van der Waals surface area contributed by atoms with E-state index in [1.807, 2.05) is 0 Å². The largest absolute Gasteiger partial charge is 0.468 e. The average molecular weight is 262 g/mol. The lowest BCUT2D eigenvalue weighted by molar-refractivity contribution is -0.142. The number of hydrogen-bond acceptors (Lipinski definition) is 4. The van der Waals surface area contributed by atoms with Crippen molar-refractivity contribution in [3.8, 4) is 0 Å². The lowest BCUT2D eigenvalue weighted by atomic mass is 9.93. The molecule has 0 saturated carbocycles. The highest BCUT2D eigenvalue weighted by Gasteiger charge is 2.31. The highest BCUT2D eigenvalue weighted by molar-refractivity contribution is 5.76. The van der Waals surface area contributed by atoms with Crippen molar-refractivity contribution in [1.29, 1.82) is 0 Å². The number of methoxy groups -OCH3 is 1. The normalized spacial score (nSPS) is 22.5. The number of ether oxygens (including phenoxy) is 1. The predicted molar refractivity (Wildman–Crippen MR) is 74.6 cm³/mol. The molecule has 4 nitrogen and oxygen atoms in total. The zero-order valence-electron chi connectivity index (χ0n) is 11.8. The molecule has 1 heterocycles. The van der Waals surface area contributed by atoms with Crippen molar-refractivity contribution < 1.29 is 9.53 Å². The fraction of sp³-hybridized carbons (Fsp3) is 0.533. The molecule has 2 rings (SSSR count). The van der Waals surface area contributed by atoms with Gasteiger partial charge in [-0.05, 0) is 36.0 Å². The van der Waals surface area contributed by atoms with E-state index in [2.05, 4.69) is 42.9 Å². The van der Waals surface area contributed by atoms with Crippen molar-refractivity contribution in [1.82, 2.24) is 10.9 Å². The van der Waals surface area contributed by atoms with Gasteiger partial charge in [-0.25, -0.2) is 10.9 Å². The van der Waals surface area contributed by atoms with Gasteiger partial charge in [0.15, 0.2) is 0 Å². The number of nitrogens with one attached hydrogen (secondary N) is 2. The standard InChI is InChI=1S/C15H22N2O2/c1-4-10-6-7-11(5-2)12(8-10)13-9-14(17-16-13)15(18)19-3/h6-8,13-14,16-17H,4-5,9H2,1-3H3. The van der Waals surface area contributed by atoms with Crippen LogP contribution in [0.15, 0.2) is 18.2 Å². The zero-order valence-corrected chi connectivity index (χ0v) is 11.8. The van der Waals surface area contributed by atoms with E-state index in [4.69, 9.17) is 4.74 Å². The van der Waals surface area contributed by atoms with Crippen LogP contribution in [0.4, 0.5) is 0 Å². The van der Waals surface area contributed by atoms with Gasteiger partial charge < -0.3 is 4.74 Å². The molecule has 0 spiro atoms. The van der Waals surface area contributed by atoms with Crippen molar-refractivity contribution in [2.45, 2.75) is 45.2 Å². The third kappa shape index (κ3) is 2.96. The number of rotatable bonds is 4. The maximum Gasteiger partial charge on any atom is 0.324 e. The molecule has 4 heteroatoms. The Morgan fingerprint density at radius 1 is 1.32 bits per heavy atom. The maximum atomic E-state index is 11.5.